The molecule has 3 aromatic rings. The predicted molar refractivity (Wildman–Crippen MR) is 97.8 cm³/mol. The van der Waals surface area contributed by atoms with Gasteiger partial charge in [0, 0.05) is 19.7 Å². The summed E-state index contributed by atoms with van der Waals surface area (Å²) in [5, 5.41) is 10.2. The molecular formula is C18H20N4O2S. The highest BCUT2D eigenvalue weighted by Gasteiger charge is 2.20. The Balaban J connectivity index is 1.70. The van der Waals surface area contributed by atoms with Gasteiger partial charge in [0.1, 0.15) is 0 Å². The Kier molecular flexibility index (Phi) is 4.50. The zero-order valence-corrected chi connectivity index (χ0v) is 14.9. The standard InChI is InChI=1S/C18H20N4O2S/c1-2-22-17-14(11-20-22)13(9-15(21-17)16-6-4-8-25-16)18(23)19-10-12-5-3-7-24-12/h4,6,8-9,11-12H,2-3,5,7,10H2,1H3,(H,19,23). The van der Waals surface area contributed by atoms with Crippen LogP contribution in [0.5, 0.6) is 0 Å². The van der Waals surface area contributed by atoms with Gasteiger partial charge in [-0.2, -0.15) is 5.10 Å². The molecule has 1 N–H and O–H groups in total. The summed E-state index contributed by atoms with van der Waals surface area (Å²) < 4.78 is 7.41. The fourth-order valence-electron chi connectivity index (χ4n) is 3.12. The number of carbonyl (C=O) groups excluding carboxylic acids is 1. The summed E-state index contributed by atoms with van der Waals surface area (Å²) in [6, 6.07) is 5.86. The van der Waals surface area contributed by atoms with E-state index in [1.165, 1.54) is 0 Å². The maximum absolute atomic E-state index is 12.8. The minimum atomic E-state index is -0.101. The Bertz CT molecular complexity index is 882. The van der Waals surface area contributed by atoms with E-state index in [0.29, 0.717) is 18.7 Å². The average molecular weight is 356 g/mol. The van der Waals surface area contributed by atoms with Crippen molar-refractivity contribution >= 4 is 28.3 Å². The molecule has 1 unspecified atom stereocenters. The molecular weight excluding hydrogens is 336 g/mol. The maximum atomic E-state index is 12.8. The summed E-state index contributed by atoms with van der Waals surface area (Å²) in [5.41, 5.74) is 2.17. The number of hydrogen-bond acceptors (Lipinski definition) is 5. The molecule has 0 aliphatic carbocycles. The highest BCUT2D eigenvalue weighted by atomic mass is 32.1. The number of nitrogens with zero attached hydrogens (tertiary/aromatic N) is 3. The fraction of sp³-hybridized carbons (Fsp3) is 0.389. The molecule has 130 valence electrons. The topological polar surface area (TPSA) is 69.0 Å². The van der Waals surface area contributed by atoms with Gasteiger partial charge in [0.2, 0.25) is 0 Å². The van der Waals surface area contributed by atoms with E-state index in [1.807, 2.05) is 35.2 Å². The first-order valence-electron chi connectivity index (χ1n) is 8.56. The van der Waals surface area contributed by atoms with Crippen LogP contribution >= 0.6 is 11.3 Å². The quantitative estimate of drug-likeness (QED) is 0.763. The summed E-state index contributed by atoms with van der Waals surface area (Å²) in [4.78, 5) is 18.6. The first-order valence-corrected chi connectivity index (χ1v) is 9.44. The third kappa shape index (κ3) is 3.17. The van der Waals surface area contributed by atoms with Crippen molar-refractivity contribution < 1.29 is 9.53 Å². The van der Waals surface area contributed by atoms with Gasteiger partial charge in [-0.15, -0.1) is 11.3 Å². The zero-order chi connectivity index (χ0) is 17.2. The third-order valence-electron chi connectivity index (χ3n) is 4.44. The predicted octanol–water partition coefficient (Wildman–Crippen LogP) is 3.09. The van der Waals surface area contributed by atoms with Crippen molar-refractivity contribution in [2.45, 2.75) is 32.4 Å². The molecule has 0 aromatic carbocycles. The lowest BCUT2D eigenvalue weighted by Crippen LogP contribution is -2.31. The molecule has 0 spiro atoms. The molecule has 1 amide bonds. The van der Waals surface area contributed by atoms with Crippen LogP contribution in [0.4, 0.5) is 0 Å². The number of aryl methyl sites for hydroxylation is 1. The zero-order valence-electron chi connectivity index (χ0n) is 14.1. The minimum absolute atomic E-state index is 0.101. The number of nitrogens with one attached hydrogen (secondary N) is 1. The second-order valence-electron chi connectivity index (χ2n) is 6.08. The van der Waals surface area contributed by atoms with Crippen LogP contribution in [-0.4, -0.2) is 39.9 Å². The maximum Gasteiger partial charge on any atom is 0.252 e. The second kappa shape index (κ2) is 6.93. The number of hydrogen-bond donors (Lipinski definition) is 1. The number of pyridine rings is 1. The van der Waals surface area contributed by atoms with E-state index in [0.717, 1.165) is 41.1 Å². The van der Waals surface area contributed by atoms with Crippen molar-refractivity contribution in [2.24, 2.45) is 0 Å². The van der Waals surface area contributed by atoms with E-state index < -0.39 is 0 Å². The summed E-state index contributed by atoms with van der Waals surface area (Å²) in [5.74, 6) is -0.101. The van der Waals surface area contributed by atoms with Crippen LogP contribution in [-0.2, 0) is 11.3 Å². The highest BCUT2D eigenvalue weighted by Crippen LogP contribution is 2.28. The third-order valence-corrected chi connectivity index (χ3v) is 5.33. The number of rotatable bonds is 5. The van der Waals surface area contributed by atoms with E-state index in [1.54, 1.807) is 17.5 Å². The molecule has 0 saturated carbocycles. The molecule has 1 saturated heterocycles. The van der Waals surface area contributed by atoms with Crippen molar-refractivity contribution in [1.29, 1.82) is 0 Å². The van der Waals surface area contributed by atoms with Gasteiger partial charge in [0.25, 0.3) is 5.91 Å². The molecule has 0 radical (unpaired) electrons. The normalized spacial score (nSPS) is 17.2. The van der Waals surface area contributed by atoms with Crippen molar-refractivity contribution in [2.75, 3.05) is 13.2 Å². The Morgan fingerprint density at radius 3 is 3.16 bits per heavy atom. The van der Waals surface area contributed by atoms with Crippen LogP contribution < -0.4 is 5.32 Å². The molecule has 7 heteroatoms. The average Bonchev–Trinajstić information content (AvgIpc) is 3.39. The van der Waals surface area contributed by atoms with Gasteiger partial charge in [0.15, 0.2) is 5.65 Å². The lowest BCUT2D eigenvalue weighted by atomic mass is 10.1. The second-order valence-corrected chi connectivity index (χ2v) is 7.02. The number of thiophene rings is 1. The molecule has 4 heterocycles. The fourth-order valence-corrected chi connectivity index (χ4v) is 3.81. The number of fused-ring (bicyclic) bond motifs is 1. The Morgan fingerprint density at radius 1 is 1.52 bits per heavy atom. The molecule has 1 atom stereocenters. The largest absolute Gasteiger partial charge is 0.376 e. The lowest BCUT2D eigenvalue weighted by molar-refractivity contribution is 0.0859. The summed E-state index contributed by atoms with van der Waals surface area (Å²) in [6.07, 6.45) is 3.91. The molecule has 25 heavy (non-hydrogen) atoms. The Labute approximate surface area is 149 Å². The Morgan fingerprint density at radius 2 is 2.44 bits per heavy atom. The van der Waals surface area contributed by atoms with Gasteiger partial charge in [-0.3, -0.25) is 4.79 Å². The van der Waals surface area contributed by atoms with Crippen LogP contribution in [0.25, 0.3) is 21.6 Å². The molecule has 6 nitrogen and oxygen atoms in total. The van der Waals surface area contributed by atoms with E-state index in [2.05, 4.69) is 10.4 Å². The van der Waals surface area contributed by atoms with Gasteiger partial charge in [-0.1, -0.05) is 6.07 Å². The van der Waals surface area contributed by atoms with Crippen molar-refractivity contribution in [3.63, 3.8) is 0 Å². The van der Waals surface area contributed by atoms with Crippen molar-refractivity contribution in [3.05, 3.63) is 35.3 Å². The summed E-state index contributed by atoms with van der Waals surface area (Å²) in [6.45, 7) is 4.05. The van der Waals surface area contributed by atoms with E-state index in [-0.39, 0.29) is 12.0 Å². The number of ether oxygens (including phenoxy) is 1. The first kappa shape index (κ1) is 16.2. The lowest BCUT2D eigenvalue weighted by Gasteiger charge is -2.12. The molecule has 1 aliphatic heterocycles. The number of carbonyl (C=O) groups is 1. The van der Waals surface area contributed by atoms with Gasteiger partial charge in [-0.25, -0.2) is 9.67 Å². The monoisotopic (exact) mass is 356 g/mol. The summed E-state index contributed by atoms with van der Waals surface area (Å²) >= 11 is 1.61. The van der Waals surface area contributed by atoms with E-state index in [4.69, 9.17) is 9.72 Å². The highest BCUT2D eigenvalue weighted by molar-refractivity contribution is 7.13. The van der Waals surface area contributed by atoms with Gasteiger partial charge >= 0.3 is 0 Å². The molecule has 0 bridgehead atoms. The smallest absolute Gasteiger partial charge is 0.252 e. The van der Waals surface area contributed by atoms with Crippen LogP contribution in [0, 0.1) is 0 Å². The number of aromatic nitrogens is 3. The molecule has 1 fully saturated rings. The van der Waals surface area contributed by atoms with Gasteiger partial charge in [0.05, 0.1) is 33.8 Å². The first-order chi connectivity index (χ1) is 12.3. The van der Waals surface area contributed by atoms with Crippen LogP contribution in [0.1, 0.15) is 30.1 Å². The van der Waals surface area contributed by atoms with Crippen molar-refractivity contribution in [1.82, 2.24) is 20.1 Å². The van der Waals surface area contributed by atoms with Gasteiger partial charge in [-0.05, 0) is 37.3 Å². The van der Waals surface area contributed by atoms with E-state index >= 15 is 0 Å². The Hall–Kier alpha value is -2.25. The van der Waals surface area contributed by atoms with E-state index in [9.17, 15) is 4.79 Å². The molecule has 1 aliphatic rings. The molecule has 3 aromatic heterocycles. The summed E-state index contributed by atoms with van der Waals surface area (Å²) in [7, 11) is 0. The SMILES string of the molecule is CCn1ncc2c(C(=O)NCC3CCCO3)cc(-c3cccs3)nc21. The van der Waals surface area contributed by atoms with Crippen LogP contribution in [0.3, 0.4) is 0 Å². The van der Waals surface area contributed by atoms with Crippen LogP contribution in [0.15, 0.2) is 29.8 Å². The van der Waals surface area contributed by atoms with Crippen LogP contribution in [0.2, 0.25) is 0 Å². The van der Waals surface area contributed by atoms with Crippen molar-refractivity contribution in [3.8, 4) is 10.6 Å². The van der Waals surface area contributed by atoms with Gasteiger partial charge < -0.3 is 10.1 Å². The molecule has 4 rings (SSSR count). The number of amides is 1. The minimum Gasteiger partial charge on any atom is -0.376 e.